The predicted octanol–water partition coefficient (Wildman–Crippen LogP) is 1.87. The van der Waals surface area contributed by atoms with Crippen molar-refractivity contribution in [3.8, 4) is 0 Å². The first-order chi connectivity index (χ1) is 6.41. The summed E-state index contributed by atoms with van der Waals surface area (Å²) in [6.07, 6.45) is 4.52. The Bertz CT molecular complexity index is 216. The van der Waals surface area contributed by atoms with E-state index in [1.165, 1.54) is 12.8 Å². The summed E-state index contributed by atoms with van der Waals surface area (Å²) < 4.78 is 0. The Labute approximate surface area is 86.8 Å². The maximum absolute atomic E-state index is 10.0. The summed E-state index contributed by atoms with van der Waals surface area (Å²) in [4.78, 5) is 0. The standard InChI is InChI=1S/C11H22N2O/c1-11(2,14)9-7-5-6-8-10(9)12-13(3)4/h9,14H,5-8H2,1-4H3/b12-10-/t9-/m1/s1. The lowest BCUT2D eigenvalue weighted by Crippen LogP contribution is -2.39. The summed E-state index contributed by atoms with van der Waals surface area (Å²) in [6.45, 7) is 3.77. The highest BCUT2D eigenvalue weighted by molar-refractivity contribution is 5.88. The van der Waals surface area contributed by atoms with E-state index < -0.39 is 5.60 Å². The first kappa shape index (κ1) is 11.5. The monoisotopic (exact) mass is 198 g/mol. The second kappa shape index (κ2) is 4.30. The minimum absolute atomic E-state index is 0.235. The Morgan fingerprint density at radius 1 is 1.36 bits per heavy atom. The molecular weight excluding hydrogens is 176 g/mol. The molecule has 0 unspecified atom stereocenters. The molecular formula is C11H22N2O. The van der Waals surface area contributed by atoms with Gasteiger partial charge in [0.1, 0.15) is 0 Å². The van der Waals surface area contributed by atoms with Crippen LogP contribution in [0.5, 0.6) is 0 Å². The van der Waals surface area contributed by atoms with Gasteiger partial charge in [0, 0.05) is 25.7 Å². The van der Waals surface area contributed by atoms with Crippen LogP contribution in [0.1, 0.15) is 39.5 Å². The maximum atomic E-state index is 10.0. The number of nitrogens with zero attached hydrogens (tertiary/aromatic N) is 2. The minimum atomic E-state index is -0.630. The van der Waals surface area contributed by atoms with Gasteiger partial charge in [-0.2, -0.15) is 5.10 Å². The van der Waals surface area contributed by atoms with Gasteiger partial charge in [0.15, 0.2) is 0 Å². The molecule has 1 atom stereocenters. The Morgan fingerprint density at radius 2 is 2.00 bits per heavy atom. The third-order valence-corrected chi connectivity index (χ3v) is 2.76. The van der Waals surface area contributed by atoms with Crippen LogP contribution >= 0.6 is 0 Å². The fraction of sp³-hybridized carbons (Fsp3) is 0.909. The van der Waals surface area contributed by atoms with Crippen molar-refractivity contribution in [3.63, 3.8) is 0 Å². The van der Waals surface area contributed by atoms with Gasteiger partial charge in [0.25, 0.3) is 0 Å². The molecule has 3 nitrogen and oxygen atoms in total. The number of hydrazone groups is 1. The van der Waals surface area contributed by atoms with Crippen LogP contribution in [0.2, 0.25) is 0 Å². The topological polar surface area (TPSA) is 35.8 Å². The van der Waals surface area contributed by atoms with E-state index in [0.29, 0.717) is 0 Å². The van der Waals surface area contributed by atoms with Crippen molar-refractivity contribution in [1.29, 1.82) is 0 Å². The van der Waals surface area contributed by atoms with Crippen molar-refractivity contribution in [1.82, 2.24) is 5.01 Å². The van der Waals surface area contributed by atoms with E-state index in [1.807, 2.05) is 33.0 Å². The molecule has 0 saturated heterocycles. The Balaban J connectivity index is 2.79. The lowest BCUT2D eigenvalue weighted by atomic mass is 9.77. The van der Waals surface area contributed by atoms with E-state index in [9.17, 15) is 5.11 Å². The summed E-state index contributed by atoms with van der Waals surface area (Å²) in [7, 11) is 3.87. The number of hydrogen-bond acceptors (Lipinski definition) is 3. The normalized spacial score (nSPS) is 26.6. The number of hydrogen-bond donors (Lipinski definition) is 1. The largest absolute Gasteiger partial charge is 0.390 e. The third kappa shape index (κ3) is 2.98. The molecule has 0 aromatic rings. The average molecular weight is 198 g/mol. The predicted molar refractivity (Wildman–Crippen MR) is 59.4 cm³/mol. The van der Waals surface area contributed by atoms with Gasteiger partial charge in [-0.25, -0.2) is 0 Å². The molecule has 0 radical (unpaired) electrons. The molecule has 0 amide bonds. The van der Waals surface area contributed by atoms with E-state index in [1.54, 1.807) is 0 Å². The van der Waals surface area contributed by atoms with Gasteiger partial charge in [0.2, 0.25) is 0 Å². The quantitative estimate of drug-likeness (QED) is 0.687. The zero-order valence-corrected chi connectivity index (χ0v) is 9.75. The first-order valence-corrected chi connectivity index (χ1v) is 5.38. The molecule has 0 aromatic carbocycles. The molecule has 1 aliphatic carbocycles. The fourth-order valence-corrected chi connectivity index (χ4v) is 2.13. The van der Waals surface area contributed by atoms with Crippen molar-refractivity contribution < 1.29 is 5.11 Å². The van der Waals surface area contributed by atoms with Crippen LogP contribution in [-0.2, 0) is 0 Å². The van der Waals surface area contributed by atoms with Crippen LogP contribution in [0.3, 0.4) is 0 Å². The molecule has 3 heteroatoms. The fourth-order valence-electron chi connectivity index (χ4n) is 2.13. The Hall–Kier alpha value is -0.570. The third-order valence-electron chi connectivity index (χ3n) is 2.76. The summed E-state index contributed by atoms with van der Waals surface area (Å²) in [5, 5.41) is 16.3. The number of aliphatic hydroxyl groups is 1. The van der Waals surface area contributed by atoms with Gasteiger partial charge in [-0.15, -0.1) is 0 Å². The molecule has 14 heavy (non-hydrogen) atoms. The molecule has 82 valence electrons. The summed E-state index contributed by atoms with van der Waals surface area (Å²) in [6, 6.07) is 0. The molecule has 1 rings (SSSR count). The molecule has 0 bridgehead atoms. The van der Waals surface area contributed by atoms with Crippen LogP contribution in [0.4, 0.5) is 0 Å². The second-order valence-corrected chi connectivity index (χ2v) is 4.89. The molecule has 0 aliphatic heterocycles. The highest BCUT2D eigenvalue weighted by Gasteiger charge is 2.33. The molecule has 0 heterocycles. The van der Waals surface area contributed by atoms with Crippen molar-refractivity contribution in [2.75, 3.05) is 14.1 Å². The Kier molecular flexibility index (Phi) is 3.53. The van der Waals surface area contributed by atoms with Crippen LogP contribution in [0.15, 0.2) is 5.10 Å². The van der Waals surface area contributed by atoms with Crippen LogP contribution in [0.25, 0.3) is 0 Å². The zero-order chi connectivity index (χ0) is 10.8. The Morgan fingerprint density at radius 3 is 2.50 bits per heavy atom. The molecule has 1 aliphatic rings. The molecule has 1 saturated carbocycles. The number of rotatable bonds is 2. The van der Waals surface area contributed by atoms with Crippen LogP contribution < -0.4 is 0 Å². The maximum Gasteiger partial charge on any atom is 0.0672 e. The molecule has 1 N–H and O–H groups in total. The summed E-state index contributed by atoms with van der Waals surface area (Å²) in [5.41, 5.74) is 0.531. The zero-order valence-electron chi connectivity index (χ0n) is 9.75. The molecule has 0 spiro atoms. The average Bonchev–Trinajstić information content (AvgIpc) is 2.01. The smallest absolute Gasteiger partial charge is 0.0672 e. The van der Waals surface area contributed by atoms with E-state index in [-0.39, 0.29) is 5.92 Å². The second-order valence-electron chi connectivity index (χ2n) is 4.89. The van der Waals surface area contributed by atoms with Crippen molar-refractivity contribution in [2.45, 2.75) is 45.1 Å². The first-order valence-electron chi connectivity index (χ1n) is 5.38. The molecule has 1 fully saturated rings. The van der Waals surface area contributed by atoms with Gasteiger partial charge in [-0.3, -0.25) is 0 Å². The van der Waals surface area contributed by atoms with Gasteiger partial charge in [-0.05, 0) is 33.1 Å². The lowest BCUT2D eigenvalue weighted by molar-refractivity contribution is 0.0366. The summed E-state index contributed by atoms with van der Waals surface area (Å²) in [5.74, 6) is 0.235. The van der Waals surface area contributed by atoms with Crippen LogP contribution in [-0.4, -0.2) is 35.5 Å². The van der Waals surface area contributed by atoms with Crippen molar-refractivity contribution in [3.05, 3.63) is 0 Å². The van der Waals surface area contributed by atoms with Crippen molar-refractivity contribution in [2.24, 2.45) is 11.0 Å². The van der Waals surface area contributed by atoms with E-state index >= 15 is 0 Å². The minimum Gasteiger partial charge on any atom is -0.390 e. The van der Waals surface area contributed by atoms with Gasteiger partial charge in [0.05, 0.1) is 5.60 Å². The van der Waals surface area contributed by atoms with Gasteiger partial charge in [-0.1, -0.05) is 6.42 Å². The molecule has 0 aromatic heterocycles. The highest BCUT2D eigenvalue weighted by atomic mass is 16.3. The van der Waals surface area contributed by atoms with E-state index in [4.69, 9.17) is 0 Å². The lowest BCUT2D eigenvalue weighted by Gasteiger charge is -2.34. The summed E-state index contributed by atoms with van der Waals surface area (Å²) >= 11 is 0. The van der Waals surface area contributed by atoms with Gasteiger partial charge < -0.3 is 10.1 Å². The SMILES string of the molecule is CN(C)/N=C1/CCCC[C@H]1C(C)(C)O. The van der Waals surface area contributed by atoms with Crippen molar-refractivity contribution >= 4 is 5.71 Å². The van der Waals surface area contributed by atoms with E-state index in [2.05, 4.69) is 5.10 Å². The van der Waals surface area contributed by atoms with Crippen LogP contribution in [0, 0.1) is 5.92 Å². The van der Waals surface area contributed by atoms with Gasteiger partial charge >= 0.3 is 0 Å². The van der Waals surface area contributed by atoms with E-state index in [0.717, 1.165) is 18.6 Å². The highest BCUT2D eigenvalue weighted by Crippen LogP contribution is 2.30.